The lowest BCUT2D eigenvalue weighted by Crippen LogP contribution is -2.39. The van der Waals surface area contributed by atoms with Gasteiger partial charge in [0.1, 0.15) is 0 Å². The number of nitrogens with zero attached hydrogens (tertiary/aromatic N) is 3. The van der Waals surface area contributed by atoms with Crippen molar-refractivity contribution in [2.24, 2.45) is 0 Å². The number of fused-ring (bicyclic) bond motifs is 2. The minimum atomic E-state index is 0. The third-order valence-electron chi connectivity index (χ3n) is 5.47. The fraction of sp³-hybridized carbons (Fsp3) is 0.500. The van der Waals surface area contributed by atoms with E-state index in [0.717, 1.165) is 37.3 Å². The number of nitrogens with one attached hydrogen (secondary N) is 1. The second-order valence-electron chi connectivity index (χ2n) is 7.66. The molecule has 7 heteroatoms. The first-order valence-corrected chi connectivity index (χ1v) is 9.80. The highest BCUT2D eigenvalue weighted by Crippen LogP contribution is 2.27. The molecular weight excluding hydrogens is 383 g/mol. The maximum absolute atomic E-state index is 13.3. The van der Waals surface area contributed by atoms with Gasteiger partial charge >= 0.3 is 0 Å². The normalized spacial score (nSPS) is 21.9. The molecule has 3 heterocycles. The van der Waals surface area contributed by atoms with Crippen LogP contribution in [0.1, 0.15) is 55.1 Å². The van der Waals surface area contributed by atoms with Gasteiger partial charge in [-0.05, 0) is 49.4 Å². The van der Waals surface area contributed by atoms with E-state index in [-0.39, 0.29) is 24.2 Å². The van der Waals surface area contributed by atoms with Crippen LogP contribution < -0.4 is 5.32 Å². The van der Waals surface area contributed by atoms with Crippen molar-refractivity contribution in [2.75, 3.05) is 13.1 Å². The maximum Gasteiger partial charge on any atom is 0.257 e. The zero-order valence-electron chi connectivity index (χ0n) is 15.7. The van der Waals surface area contributed by atoms with E-state index >= 15 is 0 Å². The Kier molecular flexibility index (Phi) is 6.14. The van der Waals surface area contributed by atoms with Gasteiger partial charge in [0.15, 0.2) is 0 Å². The molecule has 2 fully saturated rings. The number of likely N-dealkylation sites (tertiary alicyclic amines) is 1. The van der Waals surface area contributed by atoms with Crippen molar-refractivity contribution in [3.63, 3.8) is 0 Å². The van der Waals surface area contributed by atoms with E-state index in [1.807, 2.05) is 33.8 Å². The van der Waals surface area contributed by atoms with Crippen molar-refractivity contribution >= 4 is 29.9 Å². The highest BCUT2D eigenvalue weighted by molar-refractivity contribution is 6.30. The molecule has 2 aromatic rings. The Hall–Kier alpha value is -1.56. The number of halogens is 2. The van der Waals surface area contributed by atoms with Gasteiger partial charge in [0.05, 0.1) is 23.1 Å². The second kappa shape index (κ2) is 8.21. The van der Waals surface area contributed by atoms with Crippen LogP contribution in [0.4, 0.5) is 0 Å². The van der Waals surface area contributed by atoms with Crippen LogP contribution in [0.2, 0.25) is 5.02 Å². The summed E-state index contributed by atoms with van der Waals surface area (Å²) in [6.45, 7) is 5.81. The first-order valence-electron chi connectivity index (χ1n) is 9.42. The zero-order valence-corrected chi connectivity index (χ0v) is 17.3. The van der Waals surface area contributed by atoms with Crippen LogP contribution in [0, 0.1) is 0 Å². The number of carbonyl (C=O) groups excluding carboxylic acids is 1. The number of aromatic nitrogens is 2. The van der Waals surface area contributed by atoms with E-state index in [1.54, 1.807) is 6.20 Å². The van der Waals surface area contributed by atoms with Crippen LogP contribution in [0.25, 0.3) is 5.69 Å². The molecule has 2 saturated heterocycles. The molecule has 0 spiro atoms. The van der Waals surface area contributed by atoms with Crippen LogP contribution in [0.15, 0.2) is 30.5 Å². The van der Waals surface area contributed by atoms with Crippen LogP contribution in [-0.4, -0.2) is 45.8 Å². The first kappa shape index (κ1) is 20.2. The summed E-state index contributed by atoms with van der Waals surface area (Å²) in [5.74, 6) is 0.289. The summed E-state index contributed by atoms with van der Waals surface area (Å²) in [4.78, 5) is 15.3. The van der Waals surface area contributed by atoms with Crippen molar-refractivity contribution in [2.45, 2.75) is 51.1 Å². The van der Waals surface area contributed by atoms with Crippen LogP contribution in [0.3, 0.4) is 0 Å². The van der Waals surface area contributed by atoms with E-state index in [2.05, 4.69) is 24.3 Å². The molecule has 0 aliphatic carbocycles. The number of carbonyl (C=O) groups is 1. The lowest BCUT2D eigenvalue weighted by molar-refractivity contribution is 0.0746. The molecule has 5 nitrogen and oxygen atoms in total. The Morgan fingerprint density at radius 3 is 2.59 bits per heavy atom. The van der Waals surface area contributed by atoms with Crippen molar-refractivity contribution in [1.29, 1.82) is 0 Å². The van der Waals surface area contributed by atoms with Gasteiger partial charge in [0.25, 0.3) is 5.91 Å². The second-order valence-corrected chi connectivity index (χ2v) is 8.10. The number of rotatable bonds is 3. The monoisotopic (exact) mass is 408 g/mol. The Morgan fingerprint density at radius 1 is 1.19 bits per heavy atom. The summed E-state index contributed by atoms with van der Waals surface area (Å²) in [6, 6.07) is 8.57. The molecule has 1 aromatic carbocycles. The Bertz CT molecular complexity index is 803. The molecule has 1 amide bonds. The lowest BCUT2D eigenvalue weighted by Gasteiger charge is -2.25. The molecule has 2 aliphatic rings. The Labute approximate surface area is 171 Å². The van der Waals surface area contributed by atoms with E-state index < -0.39 is 0 Å². The highest BCUT2D eigenvalue weighted by Gasteiger charge is 2.33. The van der Waals surface area contributed by atoms with E-state index in [9.17, 15) is 4.79 Å². The number of hydrogen-bond acceptors (Lipinski definition) is 3. The lowest BCUT2D eigenvalue weighted by atomic mass is 10.0. The van der Waals surface area contributed by atoms with Crippen LogP contribution in [0.5, 0.6) is 0 Å². The molecule has 2 atom stereocenters. The Morgan fingerprint density at radius 2 is 1.89 bits per heavy atom. The molecule has 2 bridgehead atoms. The smallest absolute Gasteiger partial charge is 0.257 e. The highest BCUT2D eigenvalue weighted by atomic mass is 35.5. The van der Waals surface area contributed by atoms with Gasteiger partial charge in [0.2, 0.25) is 0 Å². The van der Waals surface area contributed by atoms with Crippen LogP contribution in [-0.2, 0) is 0 Å². The van der Waals surface area contributed by atoms with Gasteiger partial charge in [0, 0.05) is 30.2 Å². The van der Waals surface area contributed by atoms with Crippen molar-refractivity contribution in [3.8, 4) is 5.69 Å². The fourth-order valence-electron chi connectivity index (χ4n) is 4.16. The van der Waals surface area contributed by atoms with Gasteiger partial charge < -0.3 is 10.2 Å². The summed E-state index contributed by atoms with van der Waals surface area (Å²) in [6.07, 6.45) is 5.15. The summed E-state index contributed by atoms with van der Waals surface area (Å²) in [7, 11) is 0. The van der Waals surface area contributed by atoms with Crippen molar-refractivity contribution < 1.29 is 4.79 Å². The molecule has 2 unspecified atom stereocenters. The molecule has 146 valence electrons. The number of amides is 1. The molecule has 1 N–H and O–H groups in total. The minimum Gasteiger partial charge on any atom is -0.337 e. The summed E-state index contributed by atoms with van der Waals surface area (Å²) < 4.78 is 1.87. The Balaban J connectivity index is 0.00000210. The molecule has 0 saturated carbocycles. The average molecular weight is 409 g/mol. The third-order valence-corrected chi connectivity index (χ3v) is 5.72. The summed E-state index contributed by atoms with van der Waals surface area (Å²) >= 11 is 6.01. The van der Waals surface area contributed by atoms with Crippen molar-refractivity contribution in [3.05, 3.63) is 46.7 Å². The quantitative estimate of drug-likeness (QED) is 0.833. The summed E-state index contributed by atoms with van der Waals surface area (Å²) in [5.41, 5.74) is 2.60. The molecule has 1 aromatic heterocycles. The van der Waals surface area contributed by atoms with Crippen LogP contribution >= 0.6 is 24.0 Å². The van der Waals surface area contributed by atoms with Gasteiger partial charge in [-0.25, -0.2) is 4.68 Å². The standard InChI is InChI=1S/C20H25ClN4O.ClH/c1-13(2)19-18(11-22-25(19)17-7-3-14(21)4-8-17)20(26)24-10-9-15-5-6-16(12-24)23-15;/h3-4,7-8,11,13,15-16,23H,5-6,9-10,12H2,1-2H3;1H. The molecular formula is C20H26Cl2N4O. The maximum atomic E-state index is 13.3. The SMILES string of the molecule is CC(C)c1c(C(=O)N2CCC3CCC(C2)N3)cnn1-c1ccc(Cl)cc1.Cl. The zero-order chi connectivity index (χ0) is 18.3. The predicted molar refractivity (Wildman–Crippen MR) is 110 cm³/mol. The van der Waals surface area contributed by atoms with Gasteiger partial charge in [-0.1, -0.05) is 25.4 Å². The topological polar surface area (TPSA) is 50.2 Å². The molecule has 27 heavy (non-hydrogen) atoms. The van der Waals surface area contributed by atoms with Gasteiger partial charge in [-0.3, -0.25) is 4.79 Å². The molecule has 4 rings (SSSR count). The molecule has 2 aliphatic heterocycles. The minimum absolute atomic E-state index is 0. The first-order chi connectivity index (χ1) is 12.5. The predicted octanol–water partition coefficient (Wildman–Crippen LogP) is 4.04. The number of benzene rings is 1. The molecule has 0 radical (unpaired) electrons. The van der Waals surface area contributed by atoms with Gasteiger partial charge in [-0.2, -0.15) is 5.10 Å². The van der Waals surface area contributed by atoms with Gasteiger partial charge in [-0.15, -0.1) is 12.4 Å². The number of hydrogen-bond donors (Lipinski definition) is 1. The largest absolute Gasteiger partial charge is 0.337 e. The van der Waals surface area contributed by atoms with Crippen molar-refractivity contribution in [1.82, 2.24) is 20.0 Å². The van der Waals surface area contributed by atoms with E-state index in [1.165, 1.54) is 6.42 Å². The average Bonchev–Trinajstić information content (AvgIpc) is 3.18. The van der Waals surface area contributed by atoms with E-state index in [4.69, 9.17) is 11.6 Å². The summed E-state index contributed by atoms with van der Waals surface area (Å²) in [5, 5.41) is 8.86. The fourth-order valence-corrected chi connectivity index (χ4v) is 4.29. The van der Waals surface area contributed by atoms with E-state index in [0.29, 0.717) is 22.7 Å². The third kappa shape index (κ3) is 4.00.